The van der Waals surface area contributed by atoms with Crippen molar-refractivity contribution < 1.29 is 36.2 Å². The number of methoxy groups -OCH3 is 2. The molecule has 2 atom stereocenters. The highest BCUT2D eigenvalue weighted by atomic mass is 19.4. The Kier molecular flexibility index (Phi) is 8.17. The van der Waals surface area contributed by atoms with Crippen molar-refractivity contribution in [3.8, 4) is 11.6 Å². The molecular weight excluding hydrogens is 513 g/mol. The fraction of sp³-hybridized carbons (Fsp3) is 0.360. The first-order valence-electron chi connectivity index (χ1n) is 11.6. The molecule has 4 rings (SSSR count). The van der Waals surface area contributed by atoms with Gasteiger partial charge in [0.2, 0.25) is 5.88 Å². The molecule has 1 fully saturated rings. The number of alkyl halides is 3. The van der Waals surface area contributed by atoms with Crippen LogP contribution in [0.25, 0.3) is 5.69 Å². The number of anilines is 1. The zero-order chi connectivity index (χ0) is 27.4. The molecule has 13 heteroatoms. The second-order valence-electron chi connectivity index (χ2n) is 8.74. The number of hydrogen-bond acceptors (Lipinski definition) is 5. The molecule has 0 aliphatic carbocycles. The summed E-state index contributed by atoms with van der Waals surface area (Å²) in [5.74, 6) is -3.42. The Morgan fingerprint density at radius 3 is 2.37 bits per heavy atom. The third kappa shape index (κ3) is 6.05. The number of carbonyl (C=O) groups excluding carboxylic acids is 1. The van der Waals surface area contributed by atoms with E-state index in [0.29, 0.717) is 25.3 Å². The van der Waals surface area contributed by atoms with Gasteiger partial charge in [-0.25, -0.2) is 18.3 Å². The second-order valence-corrected chi connectivity index (χ2v) is 8.74. The highest BCUT2D eigenvalue weighted by molar-refractivity contribution is 5.90. The van der Waals surface area contributed by atoms with Crippen LogP contribution in [0.2, 0.25) is 0 Å². The average Bonchev–Trinajstić information content (AvgIpc) is 3.43. The normalized spacial score (nSPS) is 18.0. The number of benzene rings is 2. The molecular formula is C25H26F5N5O3. The van der Waals surface area contributed by atoms with Crippen LogP contribution in [0, 0.1) is 11.6 Å². The molecule has 0 radical (unpaired) electrons. The van der Waals surface area contributed by atoms with E-state index in [1.807, 2.05) is 4.90 Å². The number of likely N-dealkylation sites (tertiary alicyclic amines) is 1. The number of ether oxygens (including phenoxy) is 2. The van der Waals surface area contributed by atoms with Gasteiger partial charge in [0.25, 0.3) is 0 Å². The van der Waals surface area contributed by atoms with E-state index in [2.05, 4.69) is 15.7 Å². The molecule has 8 nitrogen and oxygen atoms in total. The molecule has 2 N–H and O–H groups in total. The van der Waals surface area contributed by atoms with E-state index in [0.717, 1.165) is 17.9 Å². The molecule has 1 aromatic heterocycles. The van der Waals surface area contributed by atoms with Gasteiger partial charge in [-0.05, 0) is 29.8 Å². The predicted octanol–water partition coefficient (Wildman–Crippen LogP) is 4.41. The number of para-hydroxylation sites is 1. The Balaban J connectivity index is 1.64. The molecule has 38 heavy (non-hydrogen) atoms. The fourth-order valence-corrected chi connectivity index (χ4v) is 4.54. The van der Waals surface area contributed by atoms with Crippen LogP contribution in [-0.4, -0.2) is 67.2 Å². The van der Waals surface area contributed by atoms with Crippen LogP contribution < -0.4 is 15.4 Å². The number of rotatable bonds is 8. The van der Waals surface area contributed by atoms with E-state index < -0.39 is 53.1 Å². The molecule has 3 aromatic rings. The third-order valence-electron chi connectivity index (χ3n) is 6.20. The van der Waals surface area contributed by atoms with Crippen LogP contribution in [0.5, 0.6) is 5.88 Å². The fourth-order valence-electron chi connectivity index (χ4n) is 4.54. The number of halogens is 5. The van der Waals surface area contributed by atoms with E-state index in [1.54, 1.807) is 18.2 Å². The van der Waals surface area contributed by atoms with Crippen molar-refractivity contribution in [2.75, 3.05) is 45.8 Å². The largest absolute Gasteiger partial charge is 0.479 e. The van der Waals surface area contributed by atoms with E-state index in [1.165, 1.54) is 31.4 Å². The number of nitrogens with zero attached hydrogens (tertiary/aromatic N) is 3. The maximum absolute atomic E-state index is 14.0. The summed E-state index contributed by atoms with van der Waals surface area (Å²) in [4.78, 5) is 15.0. The third-order valence-corrected chi connectivity index (χ3v) is 6.20. The summed E-state index contributed by atoms with van der Waals surface area (Å²) in [6.45, 7) is 1.50. The van der Waals surface area contributed by atoms with Gasteiger partial charge in [0.15, 0.2) is 11.4 Å². The van der Waals surface area contributed by atoms with Gasteiger partial charge in [0, 0.05) is 38.7 Å². The van der Waals surface area contributed by atoms with Crippen molar-refractivity contribution in [1.29, 1.82) is 0 Å². The number of aromatic nitrogens is 2. The highest BCUT2D eigenvalue weighted by Crippen LogP contribution is 2.42. The van der Waals surface area contributed by atoms with Gasteiger partial charge in [0.1, 0.15) is 11.6 Å². The van der Waals surface area contributed by atoms with Crippen LogP contribution in [0.4, 0.5) is 32.6 Å². The van der Waals surface area contributed by atoms with Gasteiger partial charge >= 0.3 is 12.2 Å². The summed E-state index contributed by atoms with van der Waals surface area (Å²) in [5.41, 5.74) is -0.674. The number of carbonyl (C=O) groups is 1. The summed E-state index contributed by atoms with van der Waals surface area (Å²) in [6.07, 6.45) is -4.90. The van der Waals surface area contributed by atoms with Gasteiger partial charge in [0.05, 0.1) is 25.4 Å². The van der Waals surface area contributed by atoms with Crippen molar-refractivity contribution in [2.45, 2.75) is 18.1 Å². The molecule has 1 aliphatic rings. The molecule has 1 aliphatic heterocycles. The highest BCUT2D eigenvalue weighted by Gasteiger charge is 2.43. The van der Waals surface area contributed by atoms with Gasteiger partial charge < -0.3 is 14.8 Å². The van der Waals surface area contributed by atoms with E-state index in [4.69, 9.17) is 9.47 Å². The lowest BCUT2D eigenvalue weighted by molar-refractivity contribution is -0.138. The van der Waals surface area contributed by atoms with Gasteiger partial charge in [-0.3, -0.25) is 10.2 Å². The van der Waals surface area contributed by atoms with Crippen molar-refractivity contribution in [2.24, 2.45) is 0 Å². The maximum Gasteiger partial charge on any atom is 0.425 e. The van der Waals surface area contributed by atoms with Gasteiger partial charge in [-0.1, -0.05) is 18.2 Å². The first-order valence-corrected chi connectivity index (χ1v) is 11.6. The van der Waals surface area contributed by atoms with E-state index in [9.17, 15) is 26.7 Å². The molecule has 0 bridgehead atoms. The quantitative estimate of drug-likeness (QED) is 0.415. The van der Waals surface area contributed by atoms with Crippen molar-refractivity contribution in [3.63, 3.8) is 0 Å². The molecule has 0 spiro atoms. The zero-order valence-electron chi connectivity index (χ0n) is 20.6. The molecule has 204 valence electrons. The first-order chi connectivity index (χ1) is 18.1. The summed E-state index contributed by atoms with van der Waals surface area (Å²) in [5, 5.41) is 8.86. The van der Waals surface area contributed by atoms with Crippen molar-refractivity contribution in [1.82, 2.24) is 20.0 Å². The SMILES string of the molecule is COCCN1C[C@@H](NC(=O)Nc2c(C(F)(F)F)c(OC)nn2-c2ccccc2)[C@H](c2cc(F)cc(F)c2)C1. The Bertz CT molecular complexity index is 1250. The Morgan fingerprint density at radius 2 is 1.76 bits per heavy atom. The molecule has 2 heterocycles. The Morgan fingerprint density at radius 1 is 1.08 bits per heavy atom. The lowest BCUT2D eigenvalue weighted by atomic mass is 9.94. The van der Waals surface area contributed by atoms with E-state index >= 15 is 0 Å². The van der Waals surface area contributed by atoms with Crippen LogP contribution in [-0.2, 0) is 10.9 Å². The Labute approximate surface area is 215 Å². The minimum absolute atomic E-state index is 0.260. The van der Waals surface area contributed by atoms with Crippen LogP contribution in [0.3, 0.4) is 0 Å². The Hall–Kier alpha value is -3.71. The molecule has 2 amide bonds. The maximum atomic E-state index is 14.0. The molecule has 1 saturated heterocycles. The van der Waals surface area contributed by atoms with Crippen molar-refractivity contribution >= 4 is 11.8 Å². The predicted molar refractivity (Wildman–Crippen MR) is 128 cm³/mol. The standard InChI is InChI=1S/C25H26F5N5O3/c1-37-9-8-34-13-19(15-10-16(26)12-17(27)11-15)20(14-34)31-24(36)32-22-21(25(28,29)30)23(38-2)33-35(22)18-6-4-3-5-7-18/h3-7,10-12,19-20H,8-9,13-14H2,1-2H3,(H2,31,32,36)/t19-,20+/m0/s1. The molecule has 0 unspecified atom stereocenters. The average molecular weight is 540 g/mol. The number of amides is 2. The topological polar surface area (TPSA) is 80.7 Å². The summed E-state index contributed by atoms with van der Waals surface area (Å²) in [6, 6.07) is 9.42. The molecule has 0 saturated carbocycles. The summed E-state index contributed by atoms with van der Waals surface area (Å²) < 4.78 is 80.9. The van der Waals surface area contributed by atoms with Gasteiger partial charge in [-0.15, -0.1) is 5.10 Å². The number of nitrogens with one attached hydrogen (secondary N) is 2. The molecule has 2 aromatic carbocycles. The van der Waals surface area contributed by atoms with Crippen LogP contribution >= 0.6 is 0 Å². The minimum Gasteiger partial charge on any atom is -0.479 e. The summed E-state index contributed by atoms with van der Waals surface area (Å²) in [7, 11) is 2.58. The monoisotopic (exact) mass is 539 g/mol. The number of hydrogen-bond donors (Lipinski definition) is 2. The van der Waals surface area contributed by atoms with Crippen LogP contribution in [0.1, 0.15) is 17.0 Å². The second kappa shape index (κ2) is 11.4. The lowest BCUT2D eigenvalue weighted by Gasteiger charge is -2.21. The minimum atomic E-state index is -4.90. The smallest absolute Gasteiger partial charge is 0.425 e. The zero-order valence-corrected chi connectivity index (χ0v) is 20.6. The van der Waals surface area contributed by atoms with E-state index in [-0.39, 0.29) is 12.2 Å². The van der Waals surface area contributed by atoms with Crippen molar-refractivity contribution in [3.05, 3.63) is 71.3 Å². The number of urea groups is 1. The van der Waals surface area contributed by atoms with Gasteiger partial charge in [-0.2, -0.15) is 13.2 Å². The summed E-state index contributed by atoms with van der Waals surface area (Å²) >= 11 is 0. The lowest BCUT2D eigenvalue weighted by Crippen LogP contribution is -2.43. The van der Waals surface area contributed by atoms with Crippen LogP contribution in [0.15, 0.2) is 48.5 Å². The first kappa shape index (κ1) is 27.3.